The number of carboxylic acids is 1. The third-order valence-electron chi connectivity index (χ3n) is 3.54. The Morgan fingerprint density at radius 1 is 1.42 bits per heavy atom. The van der Waals surface area contributed by atoms with Gasteiger partial charge in [0.1, 0.15) is 11.5 Å². The van der Waals surface area contributed by atoms with Crippen molar-refractivity contribution in [1.82, 2.24) is 4.90 Å². The fourth-order valence-corrected chi connectivity index (χ4v) is 2.34. The molecule has 0 spiro atoms. The van der Waals surface area contributed by atoms with Crippen LogP contribution in [0.15, 0.2) is 18.2 Å². The number of nitrogens with zero attached hydrogens (tertiary/aromatic N) is 1. The van der Waals surface area contributed by atoms with Crippen LogP contribution in [0.5, 0.6) is 11.5 Å². The van der Waals surface area contributed by atoms with Gasteiger partial charge in [-0.05, 0) is 12.5 Å². The van der Waals surface area contributed by atoms with Crippen molar-refractivity contribution in [1.29, 1.82) is 0 Å². The molecule has 1 N–H and O–H groups in total. The maximum Gasteiger partial charge on any atom is 0.304 e. The van der Waals surface area contributed by atoms with Crippen molar-refractivity contribution >= 4 is 5.97 Å². The fraction of sp³-hybridized carbons (Fsp3) is 0.500. The van der Waals surface area contributed by atoms with Crippen molar-refractivity contribution in [2.45, 2.75) is 25.4 Å². The summed E-state index contributed by atoms with van der Waals surface area (Å²) in [6.45, 7) is 1.65. The molecule has 2 rings (SSSR count). The first-order chi connectivity index (χ1) is 9.13. The zero-order chi connectivity index (χ0) is 13.8. The van der Waals surface area contributed by atoms with Crippen LogP contribution in [0.25, 0.3) is 0 Å². The van der Waals surface area contributed by atoms with Gasteiger partial charge in [0.15, 0.2) is 0 Å². The summed E-state index contributed by atoms with van der Waals surface area (Å²) in [5.41, 5.74) is 1.05. The van der Waals surface area contributed by atoms with Crippen molar-refractivity contribution in [3.8, 4) is 11.5 Å². The van der Waals surface area contributed by atoms with Crippen LogP contribution in [-0.2, 0) is 11.3 Å². The highest BCUT2D eigenvalue weighted by Gasteiger charge is 2.30. The van der Waals surface area contributed by atoms with Crippen LogP contribution in [0.3, 0.4) is 0 Å². The molecule has 5 nitrogen and oxygen atoms in total. The number of ether oxygens (including phenoxy) is 2. The summed E-state index contributed by atoms with van der Waals surface area (Å²) >= 11 is 0. The number of likely N-dealkylation sites (tertiary alicyclic amines) is 1. The summed E-state index contributed by atoms with van der Waals surface area (Å²) in [4.78, 5) is 12.9. The molecule has 19 heavy (non-hydrogen) atoms. The van der Waals surface area contributed by atoms with Gasteiger partial charge in [-0.3, -0.25) is 9.69 Å². The zero-order valence-corrected chi connectivity index (χ0v) is 11.3. The highest BCUT2D eigenvalue weighted by Crippen LogP contribution is 2.29. The molecule has 0 saturated carbocycles. The Morgan fingerprint density at radius 3 is 2.74 bits per heavy atom. The normalized spacial score (nSPS) is 18.7. The van der Waals surface area contributed by atoms with E-state index in [-0.39, 0.29) is 12.5 Å². The Labute approximate surface area is 112 Å². The molecule has 1 aromatic carbocycles. The lowest BCUT2D eigenvalue weighted by atomic mass is 9.98. The van der Waals surface area contributed by atoms with Gasteiger partial charge in [0.05, 0.1) is 20.6 Å². The first-order valence-corrected chi connectivity index (χ1v) is 6.30. The highest BCUT2D eigenvalue weighted by molar-refractivity contribution is 5.67. The van der Waals surface area contributed by atoms with E-state index in [4.69, 9.17) is 14.6 Å². The fourth-order valence-electron chi connectivity index (χ4n) is 2.34. The van der Waals surface area contributed by atoms with Gasteiger partial charge in [-0.1, -0.05) is 6.07 Å². The maximum absolute atomic E-state index is 10.7. The van der Waals surface area contributed by atoms with E-state index in [1.54, 1.807) is 14.2 Å². The van der Waals surface area contributed by atoms with Gasteiger partial charge >= 0.3 is 5.97 Å². The van der Waals surface area contributed by atoms with Crippen LogP contribution in [0.2, 0.25) is 0 Å². The third kappa shape index (κ3) is 3.17. The lowest BCUT2D eigenvalue weighted by Gasteiger charge is -2.40. The highest BCUT2D eigenvalue weighted by atomic mass is 16.5. The van der Waals surface area contributed by atoms with Crippen LogP contribution in [0.1, 0.15) is 18.4 Å². The van der Waals surface area contributed by atoms with E-state index >= 15 is 0 Å². The first-order valence-electron chi connectivity index (χ1n) is 6.30. The number of methoxy groups -OCH3 is 2. The monoisotopic (exact) mass is 265 g/mol. The summed E-state index contributed by atoms with van der Waals surface area (Å²) in [6.07, 6.45) is 1.16. The predicted molar refractivity (Wildman–Crippen MR) is 70.6 cm³/mol. The molecule has 1 aromatic rings. The van der Waals surface area contributed by atoms with Gasteiger partial charge in [-0.2, -0.15) is 0 Å². The van der Waals surface area contributed by atoms with Crippen LogP contribution >= 0.6 is 0 Å². The van der Waals surface area contributed by atoms with E-state index in [0.717, 1.165) is 30.0 Å². The lowest BCUT2D eigenvalue weighted by Crippen LogP contribution is -2.47. The van der Waals surface area contributed by atoms with E-state index in [0.29, 0.717) is 6.54 Å². The molecule has 1 unspecified atom stereocenters. The van der Waals surface area contributed by atoms with Crippen LogP contribution < -0.4 is 9.47 Å². The SMILES string of the molecule is COc1ccc(CN2CCC2CC(=O)O)c(OC)c1. The lowest BCUT2D eigenvalue weighted by molar-refractivity contribution is -0.139. The average Bonchev–Trinajstić information content (AvgIpc) is 2.40. The van der Waals surface area contributed by atoms with Crippen molar-refractivity contribution in [3.63, 3.8) is 0 Å². The average molecular weight is 265 g/mol. The zero-order valence-electron chi connectivity index (χ0n) is 11.3. The number of carboxylic acid groups (broad SMARTS) is 1. The molecule has 0 aliphatic carbocycles. The topological polar surface area (TPSA) is 59.0 Å². The van der Waals surface area contributed by atoms with Crippen LogP contribution in [0, 0.1) is 0 Å². The molecule has 0 aromatic heterocycles. The molecule has 0 amide bonds. The summed E-state index contributed by atoms with van der Waals surface area (Å²) < 4.78 is 10.5. The van der Waals surface area contributed by atoms with Crippen LogP contribution in [0.4, 0.5) is 0 Å². The molecule has 1 atom stereocenters. The predicted octanol–water partition coefficient (Wildman–Crippen LogP) is 1.75. The minimum Gasteiger partial charge on any atom is -0.497 e. The Morgan fingerprint density at radius 2 is 2.21 bits per heavy atom. The Kier molecular flexibility index (Phi) is 4.27. The molecular formula is C14H19NO4. The van der Waals surface area contributed by atoms with Crippen molar-refractivity contribution in [3.05, 3.63) is 23.8 Å². The summed E-state index contributed by atoms with van der Waals surface area (Å²) in [6, 6.07) is 5.85. The second-order valence-electron chi connectivity index (χ2n) is 4.69. The summed E-state index contributed by atoms with van der Waals surface area (Å²) in [5.74, 6) is 0.794. The molecular weight excluding hydrogens is 246 g/mol. The number of hydrogen-bond donors (Lipinski definition) is 1. The second-order valence-corrected chi connectivity index (χ2v) is 4.69. The van der Waals surface area contributed by atoms with Gasteiger partial charge in [-0.15, -0.1) is 0 Å². The molecule has 104 valence electrons. The second kappa shape index (κ2) is 5.93. The number of aliphatic carboxylic acids is 1. The van der Waals surface area contributed by atoms with Crippen molar-refractivity contribution in [2.24, 2.45) is 0 Å². The van der Waals surface area contributed by atoms with Gasteiger partial charge in [0.25, 0.3) is 0 Å². The molecule has 1 saturated heterocycles. The molecule has 1 aliphatic rings. The van der Waals surface area contributed by atoms with Gasteiger partial charge in [-0.25, -0.2) is 0 Å². The molecule has 1 aliphatic heterocycles. The van der Waals surface area contributed by atoms with Crippen molar-refractivity contribution < 1.29 is 19.4 Å². The van der Waals surface area contributed by atoms with E-state index in [2.05, 4.69) is 4.90 Å². The third-order valence-corrected chi connectivity index (χ3v) is 3.54. The minimum absolute atomic E-state index is 0.143. The van der Waals surface area contributed by atoms with Gasteiger partial charge in [0.2, 0.25) is 0 Å². The summed E-state index contributed by atoms with van der Waals surface area (Å²) in [5, 5.41) is 8.83. The van der Waals surface area contributed by atoms with Crippen molar-refractivity contribution in [2.75, 3.05) is 20.8 Å². The van der Waals surface area contributed by atoms with E-state index < -0.39 is 5.97 Å². The number of carbonyl (C=O) groups is 1. The standard InChI is InChI=1S/C14H19NO4/c1-18-12-4-3-10(13(8-12)19-2)9-15-6-5-11(15)7-14(16)17/h3-4,8,11H,5-7,9H2,1-2H3,(H,16,17). The molecule has 5 heteroatoms. The minimum atomic E-state index is -0.739. The largest absolute Gasteiger partial charge is 0.497 e. The maximum atomic E-state index is 10.7. The molecule has 1 heterocycles. The first kappa shape index (κ1) is 13.7. The molecule has 0 bridgehead atoms. The Bertz CT molecular complexity index is 461. The van der Waals surface area contributed by atoms with E-state index in [1.807, 2.05) is 18.2 Å². The van der Waals surface area contributed by atoms with E-state index in [9.17, 15) is 4.79 Å². The molecule has 1 fully saturated rings. The smallest absolute Gasteiger partial charge is 0.304 e. The van der Waals surface area contributed by atoms with E-state index in [1.165, 1.54) is 0 Å². The van der Waals surface area contributed by atoms with Crippen LogP contribution in [-0.4, -0.2) is 42.8 Å². The van der Waals surface area contributed by atoms with Gasteiger partial charge in [0, 0.05) is 30.8 Å². The number of rotatable bonds is 6. The molecule has 0 radical (unpaired) electrons. The summed E-state index contributed by atoms with van der Waals surface area (Å²) in [7, 11) is 3.25. The number of benzene rings is 1. The Hall–Kier alpha value is -1.75. The quantitative estimate of drug-likeness (QED) is 0.849. The Balaban J connectivity index is 2.04. The van der Waals surface area contributed by atoms with Gasteiger partial charge < -0.3 is 14.6 Å². The number of hydrogen-bond acceptors (Lipinski definition) is 4.